The minimum Gasteiger partial charge on any atom is -0.423 e. The molecule has 2 heterocycles. The molecule has 3 rings (SSSR count). The summed E-state index contributed by atoms with van der Waals surface area (Å²) in [6.45, 7) is 4.07. The molecule has 0 spiro atoms. The van der Waals surface area contributed by atoms with Gasteiger partial charge >= 0.3 is 5.63 Å². The van der Waals surface area contributed by atoms with Gasteiger partial charge < -0.3 is 4.42 Å². The number of nitrogens with zero attached hydrogens (tertiary/aromatic N) is 2. The number of fused-ring (bicyclic) bond motifs is 1. The lowest BCUT2D eigenvalue weighted by Crippen LogP contribution is -2.00. The monoisotopic (exact) mass is 304 g/mol. The predicted molar refractivity (Wildman–Crippen MR) is 81.4 cm³/mol. The van der Waals surface area contributed by atoms with Crippen LogP contribution in [0.15, 0.2) is 37.3 Å². The molecule has 0 atom stereocenters. The Bertz CT molecular complexity index is 810. The van der Waals surface area contributed by atoms with E-state index in [0.29, 0.717) is 11.3 Å². The summed E-state index contributed by atoms with van der Waals surface area (Å²) >= 11 is 3.07. The van der Waals surface area contributed by atoms with Gasteiger partial charge in [-0.15, -0.1) is 10.2 Å². The number of hydrogen-bond donors (Lipinski definition) is 0. The Morgan fingerprint density at radius 3 is 2.80 bits per heavy atom. The van der Waals surface area contributed by atoms with Crippen LogP contribution < -0.4 is 5.63 Å². The molecule has 0 saturated carbocycles. The Kier molecular flexibility index (Phi) is 3.58. The molecule has 0 aliphatic rings. The first-order valence-corrected chi connectivity index (χ1v) is 7.93. The second-order valence-electron chi connectivity index (χ2n) is 4.52. The molecule has 0 amide bonds. The maximum Gasteiger partial charge on any atom is 0.336 e. The Balaban J connectivity index is 2.04. The Morgan fingerprint density at radius 1 is 1.25 bits per heavy atom. The van der Waals surface area contributed by atoms with Crippen LogP contribution in [0.1, 0.15) is 16.7 Å². The molecule has 6 heteroatoms. The van der Waals surface area contributed by atoms with Crippen molar-refractivity contribution in [2.75, 3.05) is 0 Å². The molecule has 0 unspecified atom stereocenters. The first kappa shape index (κ1) is 13.3. The average Bonchev–Trinajstić information content (AvgIpc) is 2.91. The normalized spacial score (nSPS) is 11.1. The Hall–Kier alpha value is -1.66. The molecule has 4 nitrogen and oxygen atoms in total. The van der Waals surface area contributed by atoms with Crippen molar-refractivity contribution in [1.82, 2.24) is 10.2 Å². The number of aromatic nitrogens is 2. The van der Waals surface area contributed by atoms with E-state index in [2.05, 4.69) is 23.2 Å². The molecule has 0 saturated heterocycles. The molecule has 102 valence electrons. The summed E-state index contributed by atoms with van der Waals surface area (Å²) < 4.78 is 6.18. The van der Waals surface area contributed by atoms with Crippen molar-refractivity contribution < 1.29 is 4.42 Å². The van der Waals surface area contributed by atoms with E-state index in [1.165, 1.54) is 16.9 Å². The van der Waals surface area contributed by atoms with Gasteiger partial charge in [-0.1, -0.05) is 23.1 Å². The number of rotatable bonds is 3. The first-order chi connectivity index (χ1) is 9.63. The van der Waals surface area contributed by atoms with Gasteiger partial charge in [0.15, 0.2) is 4.34 Å². The highest BCUT2D eigenvalue weighted by Gasteiger charge is 2.09. The Labute approximate surface area is 123 Å². The summed E-state index contributed by atoms with van der Waals surface area (Å²) in [5, 5.41) is 8.79. The van der Waals surface area contributed by atoms with Gasteiger partial charge in [0.1, 0.15) is 11.1 Å². The van der Waals surface area contributed by atoms with Crippen LogP contribution in [-0.4, -0.2) is 10.2 Å². The van der Waals surface area contributed by atoms with Crippen LogP contribution in [0.5, 0.6) is 0 Å². The molecule has 0 aliphatic carbocycles. The van der Waals surface area contributed by atoms with Crippen molar-refractivity contribution in [1.29, 1.82) is 0 Å². The van der Waals surface area contributed by atoms with Crippen molar-refractivity contribution in [2.24, 2.45) is 0 Å². The van der Waals surface area contributed by atoms with Gasteiger partial charge in [-0.05, 0) is 42.7 Å². The van der Waals surface area contributed by atoms with Crippen LogP contribution in [0.25, 0.3) is 11.0 Å². The highest BCUT2D eigenvalue weighted by Crippen LogP contribution is 2.28. The third-order valence-corrected chi connectivity index (χ3v) is 5.04. The summed E-state index contributed by atoms with van der Waals surface area (Å²) in [5.74, 6) is 0.680. The molecule has 0 aliphatic heterocycles. The quantitative estimate of drug-likeness (QED) is 0.547. The fraction of sp³-hybridized carbons (Fsp3) is 0.214. The van der Waals surface area contributed by atoms with Crippen LogP contribution in [-0.2, 0) is 5.75 Å². The lowest BCUT2D eigenvalue weighted by atomic mass is 10.0. The average molecular weight is 304 g/mol. The van der Waals surface area contributed by atoms with E-state index in [1.807, 2.05) is 13.0 Å². The number of benzene rings is 1. The molecular formula is C14H12N2O2S2. The van der Waals surface area contributed by atoms with Gasteiger partial charge in [-0.25, -0.2) is 4.79 Å². The van der Waals surface area contributed by atoms with E-state index in [1.54, 1.807) is 23.3 Å². The third-order valence-electron chi connectivity index (χ3n) is 3.14. The zero-order chi connectivity index (χ0) is 14.1. The topological polar surface area (TPSA) is 56.0 Å². The molecule has 3 aromatic rings. The van der Waals surface area contributed by atoms with Gasteiger partial charge in [-0.3, -0.25) is 0 Å². The smallest absolute Gasteiger partial charge is 0.336 e. The fourth-order valence-corrected chi connectivity index (χ4v) is 3.45. The van der Waals surface area contributed by atoms with E-state index in [-0.39, 0.29) is 5.63 Å². The number of aryl methyl sites for hydroxylation is 2. The molecule has 0 fully saturated rings. The van der Waals surface area contributed by atoms with Crippen molar-refractivity contribution in [3.8, 4) is 0 Å². The zero-order valence-corrected chi connectivity index (χ0v) is 12.7. The van der Waals surface area contributed by atoms with Crippen LogP contribution in [0.2, 0.25) is 0 Å². The van der Waals surface area contributed by atoms with Crippen LogP contribution in [0.3, 0.4) is 0 Å². The maximum atomic E-state index is 11.7. The standard InChI is InChI=1S/C14H12N2O2S2/c1-8-3-11-10(6-19-14-16-15-7-20-14)5-13(17)18-12(11)4-9(8)2/h3-5,7H,6H2,1-2H3. The molecular weight excluding hydrogens is 292 g/mol. The molecule has 1 aromatic carbocycles. The zero-order valence-electron chi connectivity index (χ0n) is 11.0. The van der Waals surface area contributed by atoms with Gasteiger partial charge in [-0.2, -0.15) is 0 Å². The van der Waals surface area contributed by atoms with Crippen LogP contribution in [0.4, 0.5) is 0 Å². The van der Waals surface area contributed by atoms with Crippen molar-refractivity contribution in [2.45, 2.75) is 23.9 Å². The minimum atomic E-state index is -0.311. The fourth-order valence-electron chi connectivity index (χ4n) is 1.97. The minimum absolute atomic E-state index is 0.311. The first-order valence-electron chi connectivity index (χ1n) is 6.06. The third kappa shape index (κ3) is 2.62. The summed E-state index contributed by atoms with van der Waals surface area (Å²) in [6, 6.07) is 5.56. The van der Waals surface area contributed by atoms with Gasteiger partial charge in [0.05, 0.1) is 0 Å². The van der Waals surface area contributed by atoms with E-state index in [9.17, 15) is 4.79 Å². The van der Waals surface area contributed by atoms with E-state index < -0.39 is 0 Å². The van der Waals surface area contributed by atoms with Crippen LogP contribution >= 0.6 is 23.1 Å². The molecule has 2 aromatic heterocycles. The largest absolute Gasteiger partial charge is 0.423 e. The van der Waals surface area contributed by atoms with E-state index >= 15 is 0 Å². The Morgan fingerprint density at radius 2 is 2.05 bits per heavy atom. The van der Waals surface area contributed by atoms with Gasteiger partial charge in [0.25, 0.3) is 0 Å². The van der Waals surface area contributed by atoms with E-state index in [0.717, 1.165) is 20.9 Å². The van der Waals surface area contributed by atoms with Gasteiger partial charge in [0, 0.05) is 17.2 Å². The highest BCUT2D eigenvalue weighted by atomic mass is 32.2. The summed E-state index contributed by atoms with van der Waals surface area (Å²) in [4.78, 5) is 11.7. The van der Waals surface area contributed by atoms with Crippen molar-refractivity contribution >= 4 is 34.1 Å². The lowest BCUT2D eigenvalue weighted by molar-refractivity contribution is 0.559. The molecule has 0 radical (unpaired) electrons. The van der Waals surface area contributed by atoms with Crippen molar-refractivity contribution in [3.63, 3.8) is 0 Å². The number of thioether (sulfide) groups is 1. The van der Waals surface area contributed by atoms with Crippen LogP contribution in [0, 0.1) is 13.8 Å². The van der Waals surface area contributed by atoms with E-state index in [4.69, 9.17) is 4.42 Å². The second kappa shape index (κ2) is 5.38. The molecule has 0 bridgehead atoms. The highest BCUT2D eigenvalue weighted by molar-refractivity contribution is 8.00. The number of hydrogen-bond acceptors (Lipinski definition) is 6. The van der Waals surface area contributed by atoms with Gasteiger partial charge in [0.2, 0.25) is 0 Å². The molecule has 0 N–H and O–H groups in total. The summed E-state index contributed by atoms with van der Waals surface area (Å²) in [6.07, 6.45) is 0. The lowest BCUT2D eigenvalue weighted by Gasteiger charge is -2.07. The van der Waals surface area contributed by atoms with Crippen molar-refractivity contribution in [3.05, 3.63) is 50.8 Å². The summed E-state index contributed by atoms with van der Waals surface area (Å²) in [7, 11) is 0. The summed E-state index contributed by atoms with van der Waals surface area (Å²) in [5.41, 5.74) is 5.32. The maximum absolute atomic E-state index is 11.7. The second-order valence-corrected chi connectivity index (χ2v) is 6.57. The predicted octanol–water partition coefficient (Wildman–Crippen LogP) is 3.55. The SMILES string of the molecule is Cc1cc2oc(=O)cc(CSc3nncs3)c2cc1C. The molecule has 20 heavy (non-hydrogen) atoms.